The van der Waals surface area contributed by atoms with Crippen molar-refractivity contribution in [3.8, 4) is 5.75 Å². The summed E-state index contributed by atoms with van der Waals surface area (Å²) in [6, 6.07) is 4.68. The second kappa shape index (κ2) is 5.69. The summed E-state index contributed by atoms with van der Waals surface area (Å²) in [5.74, 6) is -0.00678. The zero-order valence-corrected chi connectivity index (χ0v) is 12.0. The molecule has 0 aliphatic heterocycles. The Balaban J connectivity index is 2.12. The molecule has 0 spiro atoms. The Bertz CT molecular complexity index is 574. The van der Waals surface area contributed by atoms with E-state index in [1.807, 2.05) is 0 Å². The molecule has 1 saturated carbocycles. The maximum Gasteiger partial charge on any atom is 0.325 e. The number of esters is 1. The Labute approximate surface area is 122 Å². The van der Waals surface area contributed by atoms with E-state index in [4.69, 9.17) is 15.2 Å². The summed E-state index contributed by atoms with van der Waals surface area (Å²) in [5.41, 5.74) is 5.46. The van der Waals surface area contributed by atoms with Crippen LogP contribution in [0.15, 0.2) is 18.2 Å². The van der Waals surface area contributed by atoms with Gasteiger partial charge in [0, 0.05) is 12.5 Å². The number of nitro groups is 1. The van der Waals surface area contributed by atoms with Crippen molar-refractivity contribution < 1.29 is 19.2 Å². The van der Waals surface area contributed by atoms with Crippen molar-refractivity contribution >= 4 is 11.7 Å². The number of benzene rings is 1. The molecule has 0 radical (unpaired) electrons. The molecular weight excluding hydrogens is 276 g/mol. The predicted molar refractivity (Wildman–Crippen MR) is 75.0 cm³/mol. The third-order valence-electron chi connectivity index (χ3n) is 3.84. The first kappa shape index (κ1) is 15.2. The molecular formula is C14H18N2O5. The van der Waals surface area contributed by atoms with Gasteiger partial charge in [-0.1, -0.05) is 6.07 Å². The fourth-order valence-electron chi connectivity index (χ4n) is 2.63. The van der Waals surface area contributed by atoms with Crippen LogP contribution in [0.5, 0.6) is 5.75 Å². The van der Waals surface area contributed by atoms with Crippen molar-refractivity contribution in [2.75, 3.05) is 7.11 Å². The molecule has 1 aromatic rings. The first-order valence-corrected chi connectivity index (χ1v) is 6.65. The SMILES string of the molecule is COC(=O)C1(N)CCC(Oc2cccc([N+](=O)[O-])c2C)C1. The van der Waals surface area contributed by atoms with Crippen LogP contribution in [0.2, 0.25) is 0 Å². The van der Waals surface area contributed by atoms with Crippen LogP contribution in [-0.2, 0) is 9.53 Å². The maximum atomic E-state index is 11.7. The molecule has 7 heteroatoms. The molecule has 2 unspecified atom stereocenters. The number of rotatable bonds is 4. The zero-order valence-electron chi connectivity index (χ0n) is 12.0. The fraction of sp³-hybridized carbons (Fsp3) is 0.500. The number of carbonyl (C=O) groups excluding carboxylic acids is 1. The van der Waals surface area contributed by atoms with Gasteiger partial charge in [0.25, 0.3) is 5.69 Å². The van der Waals surface area contributed by atoms with Crippen LogP contribution in [-0.4, -0.2) is 29.6 Å². The minimum Gasteiger partial charge on any atom is -0.490 e. The van der Waals surface area contributed by atoms with Gasteiger partial charge in [-0.15, -0.1) is 0 Å². The molecule has 7 nitrogen and oxygen atoms in total. The molecule has 0 saturated heterocycles. The van der Waals surface area contributed by atoms with E-state index in [0.29, 0.717) is 30.6 Å². The summed E-state index contributed by atoms with van der Waals surface area (Å²) >= 11 is 0. The highest BCUT2D eigenvalue weighted by Crippen LogP contribution is 2.34. The number of ether oxygens (including phenoxy) is 2. The van der Waals surface area contributed by atoms with Gasteiger partial charge in [-0.2, -0.15) is 0 Å². The highest BCUT2D eigenvalue weighted by molar-refractivity contribution is 5.81. The van der Waals surface area contributed by atoms with Crippen LogP contribution in [0.1, 0.15) is 24.8 Å². The van der Waals surface area contributed by atoms with Gasteiger partial charge >= 0.3 is 5.97 Å². The molecule has 2 N–H and O–H groups in total. The highest BCUT2D eigenvalue weighted by Gasteiger charge is 2.44. The smallest absolute Gasteiger partial charge is 0.325 e. The molecule has 2 atom stereocenters. The number of methoxy groups -OCH3 is 1. The van der Waals surface area contributed by atoms with Gasteiger partial charge in [0.1, 0.15) is 17.4 Å². The Hall–Kier alpha value is -2.15. The molecule has 114 valence electrons. The summed E-state index contributed by atoms with van der Waals surface area (Å²) in [6.07, 6.45) is 1.16. The molecule has 0 heterocycles. The van der Waals surface area contributed by atoms with Crippen LogP contribution in [0.4, 0.5) is 5.69 Å². The van der Waals surface area contributed by atoms with Crippen LogP contribution >= 0.6 is 0 Å². The maximum absolute atomic E-state index is 11.7. The summed E-state index contributed by atoms with van der Waals surface area (Å²) in [7, 11) is 1.30. The first-order valence-electron chi connectivity index (χ1n) is 6.65. The van der Waals surface area contributed by atoms with Crippen LogP contribution in [0.25, 0.3) is 0 Å². The van der Waals surface area contributed by atoms with E-state index in [-0.39, 0.29) is 11.8 Å². The second-order valence-electron chi connectivity index (χ2n) is 5.29. The van der Waals surface area contributed by atoms with Crippen molar-refractivity contribution in [3.05, 3.63) is 33.9 Å². The Morgan fingerprint density at radius 1 is 1.52 bits per heavy atom. The van der Waals surface area contributed by atoms with Gasteiger partial charge < -0.3 is 15.2 Å². The van der Waals surface area contributed by atoms with Crippen LogP contribution in [0, 0.1) is 17.0 Å². The number of hydrogen-bond donors (Lipinski definition) is 1. The summed E-state index contributed by atoms with van der Waals surface area (Å²) in [4.78, 5) is 22.1. The Morgan fingerprint density at radius 2 is 2.24 bits per heavy atom. The standard InChI is InChI=1S/C14H18N2O5/c1-9-11(16(18)19)4-3-5-12(9)21-10-6-7-14(15,8-10)13(17)20-2/h3-5,10H,6-8,15H2,1-2H3. The van der Waals surface area contributed by atoms with Crippen molar-refractivity contribution in [1.29, 1.82) is 0 Å². The van der Waals surface area contributed by atoms with E-state index in [1.165, 1.54) is 13.2 Å². The van der Waals surface area contributed by atoms with Crippen LogP contribution < -0.4 is 10.5 Å². The lowest BCUT2D eigenvalue weighted by atomic mass is 10.00. The number of nitro benzene ring substituents is 1. The summed E-state index contributed by atoms with van der Waals surface area (Å²) in [5, 5.41) is 10.9. The average molecular weight is 294 g/mol. The van der Waals surface area contributed by atoms with E-state index in [0.717, 1.165) is 0 Å². The van der Waals surface area contributed by atoms with Crippen molar-refractivity contribution in [2.45, 2.75) is 37.8 Å². The summed E-state index contributed by atoms with van der Waals surface area (Å²) < 4.78 is 10.5. The fourth-order valence-corrected chi connectivity index (χ4v) is 2.63. The Morgan fingerprint density at radius 3 is 2.86 bits per heavy atom. The third kappa shape index (κ3) is 2.97. The molecule has 0 aromatic heterocycles. The zero-order chi connectivity index (χ0) is 15.6. The van der Waals surface area contributed by atoms with Gasteiger partial charge in [0.15, 0.2) is 0 Å². The minimum absolute atomic E-state index is 0.0116. The normalized spacial score (nSPS) is 24.6. The molecule has 21 heavy (non-hydrogen) atoms. The number of hydrogen-bond acceptors (Lipinski definition) is 6. The van der Waals surface area contributed by atoms with E-state index < -0.39 is 16.4 Å². The van der Waals surface area contributed by atoms with Gasteiger partial charge in [-0.25, -0.2) is 0 Å². The second-order valence-corrected chi connectivity index (χ2v) is 5.29. The number of nitrogens with zero attached hydrogens (tertiary/aromatic N) is 1. The average Bonchev–Trinajstić information content (AvgIpc) is 2.82. The van der Waals surface area contributed by atoms with E-state index in [1.54, 1.807) is 19.1 Å². The number of carbonyl (C=O) groups is 1. The lowest BCUT2D eigenvalue weighted by molar-refractivity contribution is -0.385. The van der Waals surface area contributed by atoms with E-state index in [9.17, 15) is 14.9 Å². The van der Waals surface area contributed by atoms with Gasteiger partial charge in [0.05, 0.1) is 17.6 Å². The molecule has 1 aromatic carbocycles. The van der Waals surface area contributed by atoms with E-state index in [2.05, 4.69) is 0 Å². The first-order chi connectivity index (χ1) is 9.87. The van der Waals surface area contributed by atoms with Gasteiger partial charge in [-0.05, 0) is 25.8 Å². The summed E-state index contributed by atoms with van der Waals surface area (Å²) in [6.45, 7) is 1.64. The predicted octanol–water partition coefficient (Wildman–Crippen LogP) is 1.71. The van der Waals surface area contributed by atoms with Crippen molar-refractivity contribution in [3.63, 3.8) is 0 Å². The molecule has 1 aliphatic carbocycles. The highest BCUT2D eigenvalue weighted by atomic mass is 16.6. The molecule has 1 fully saturated rings. The molecule has 0 amide bonds. The molecule has 1 aliphatic rings. The number of nitrogens with two attached hydrogens (primary N) is 1. The topological polar surface area (TPSA) is 105 Å². The lowest BCUT2D eigenvalue weighted by Gasteiger charge is -2.21. The van der Waals surface area contributed by atoms with Crippen LogP contribution in [0.3, 0.4) is 0 Å². The quantitative estimate of drug-likeness (QED) is 0.515. The monoisotopic (exact) mass is 294 g/mol. The lowest BCUT2D eigenvalue weighted by Crippen LogP contribution is -2.47. The Kier molecular flexibility index (Phi) is 4.13. The molecule has 2 rings (SSSR count). The van der Waals surface area contributed by atoms with Crippen molar-refractivity contribution in [1.82, 2.24) is 0 Å². The molecule has 0 bridgehead atoms. The third-order valence-corrected chi connectivity index (χ3v) is 3.84. The largest absolute Gasteiger partial charge is 0.490 e. The van der Waals surface area contributed by atoms with Crippen molar-refractivity contribution in [2.24, 2.45) is 5.73 Å². The minimum atomic E-state index is -1.03. The van der Waals surface area contributed by atoms with E-state index >= 15 is 0 Å². The van der Waals surface area contributed by atoms with Gasteiger partial charge in [0.2, 0.25) is 0 Å². The van der Waals surface area contributed by atoms with Gasteiger partial charge in [-0.3, -0.25) is 14.9 Å².